The van der Waals surface area contributed by atoms with Gasteiger partial charge in [-0.3, -0.25) is 4.79 Å². The van der Waals surface area contributed by atoms with Crippen LogP contribution in [-0.2, 0) is 4.79 Å². The van der Waals surface area contributed by atoms with Crippen molar-refractivity contribution in [2.45, 2.75) is 91.5 Å². The molecular formula is C18H33NOSi. The van der Waals surface area contributed by atoms with E-state index in [1.807, 2.05) is 4.90 Å². The minimum Gasteiger partial charge on any atom is -0.334 e. The number of carbonyl (C=O) groups is 1. The topological polar surface area (TPSA) is 20.3 Å². The van der Waals surface area contributed by atoms with Crippen LogP contribution in [0.4, 0.5) is 0 Å². The maximum atomic E-state index is 13.1. The quantitative estimate of drug-likeness (QED) is 0.410. The smallest absolute Gasteiger partial charge is 0.253 e. The van der Waals surface area contributed by atoms with Gasteiger partial charge in [0.15, 0.2) is 0 Å². The first kappa shape index (κ1) is 18.3. The average molecular weight is 308 g/mol. The lowest BCUT2D eigenvalue weighted by Gasteiger charge is -2.34. The van der Waals surface area contributed by atoms with E-state index in [2.05, 4.69) is 53.1 Å². The first-order valence-corrected chi connectivity index (χ1v) is 12.0. The Morgan fingerprint density at radius 2 is 1.48 bits per heavy atom. The van der Waals surface area contributed by atoms with E-state index < -0.39 is 8.07 Å². The summed E-state index contributed by atoms with van der Waals surface area (Å²) in [4.78, 5) is 15.1. The SMILES string of the molecule is CC(C)N(C(=O)C(=C=C1CCCCC1)[Si](C)(C)C)C(C)C. The Hall–Kier alpha value is -0.793. The zero-order valence-corrected chi connectivity index (χ0v) is 16.0. The van der Waals surface area contributed by atoms with Crippen molar-refractivity contribution in [1.29, 1.82) is 0 Å². The molecule has 0 aromatic carbocycles. The first-order chi connectivity index (χ1) is 9.64. The van der Waals surface area contributed by atoms with Crippen molar-refractivity contribution in [3.63, 3.8) is 0 Å². The fourth-order valence-corrected chi connectivity index (χ4v) is 4.36. The largest absolute Gasteiger partial charge is 0.334 e. The van der Waals surface area contributed by atoms with Crippen molar-refractivity contribution < 1.29 is 4.79 Å². The molecule has 1 fully saturated rings. The van der Waals surface area contributed by atoms with Crippen molar-refractivity contribution in [2.75, 3.05) is 0 Å². The van der Waals surface area contributed by atoms with E-state index in [0.29, 0.717) is 0 Å². The number of amides is 1. The molecule has 1 saturated carbocycles. The zero-order chi connectivity index (χ0) is 16.2. The molecule has 1 aliphatic rings. The number of hydrogen-bond acceptors (Lipinski definition) is 1. The average Bonchev–Trinajstić information content (AvgIpc) is 2.34. The van der Waals surface area contributed by atoms with Gasteiger partial charge in [-0.25, -0.2) is 0 Å². The lowest BCUT2D eigenvalue weighted by atomic mass is 9.95. The van der Waals surface area contributed by atoms with E-state index in [0.717, 1.165) is 18.0 Å². The number of carbonyl (C=O) groups excluding carboxylic acids is 1. The summed E-state index contributed by atoms with van der Waals surface area (Å²) < 4.78 is 0. The van der Waals surface area contributed by atoms with Crippen molar-refractivity contribution in [2.24, 2.45) is 0 Å². The Balaban J connectivity index is 3.26. The first-order valence-electron chi connectivity index (χ1n) is 8.46. The molecule has 0 aromatic rings. The van der Waals surface area contributed by atoms with Crippen LogP contribution in [0.3, 0.4) is 0 Å². The lowest BCUT2D eigenvalue weighted by molar-refractivity contribution is -0.129. The maximum absolute atomic E-state index is 13.1. The second kappa shape index (κ2) is 7.46. The molecule has 0 spiro atoms. The Kier molecular flexibility index (Phi) is 6.49. The highest BCUT2D eigenvalue weighted by Crippen LogP contribution is 2.25. The summed E-state index contributed by atoms with van der Waals surface area (Å²) in [7, 11) is -1.69. The van der Waals surface area contributed by atoms with E-state index >= 15 is 0 Å². The van der Waals surface area contributed by atoms with E-state index in [-0.39, 0.29) is 18.0 Å². The van der Waals surface area contributed by atoms with Gasteiger partial charge in [-0.15, -0.1) is 5.73 Å². The molecule has 0 aliphatic heterocycles. The molecule has 21 heavy (non-hydrogen) atoms. The Bertz CT molecular complexity index is 421. The van der Waals surface area contributed by atoms with Crippen LogP contribution in [0.25, 0.3) is 0 Å². The molecule has 0 radical (unpaired) electrons. The van der Waals surface area contributed by atoms with Crippen molar-refractivity contribution in [3.05, 3.63) is 16.5 Å². The second-order valence-corrected chi connectivity index (χ2v) is 12.8. The number of rotatable bonds is 4. The van der Waals surface area contributed by atoms with E-state index in [4.69, 9.17) is 0 Å². The van der Waals surface area contributed by atoms with Crippen LogP contribution >= 0.6 is 0 Å². The molecule has 120 valence electrons. The van der Waals surface area contributed by atoms with Crippen molar-refractivity contribution in [1.82, 2.24) is 4.90 Å². The molecule has 1 rings (SSSR count). The Morgan fingerprint density at radius 1 is 1.00 bits per heavy atom. The molecule has 0 unspecified atom stereocenters. The van der Waals surface area contributed by atoms with Gasteiger partial charge in [0, 0.05) is 17.3 Å². The molecule has 0 atom stereocenters. The fraction of sp³-hybridized carbons (Fsp3) is 0.778. The summed E-state index contributed by atoms with van der Waals surface area (Å²) in [6.07, 6.45) is 6.10. The van der Waals surface area contributed by atoms with Crippen LogP contribution in [-0.4, -0.2) is 31.0 Å². The Labute approximate surface area is 132 Å². The lowest BCUT2D eigenvalue weighted by Crippen LogP contribution is -2.46. The van der Waals surface area contributed by atoms with Gasteiger partial charge in [0.25, 0.3) is 5.91 Å². The van der Waals surface area contributed by atoms with Gasteiger partial charge < -0.3 is 4.90 Å². The maximum Gasteiger partial charge on any atom is 0.253 e. The second-order valence-electron chi connectivity index (χ2n) is 7.81. The van der Waals surface area contributed by atoms with Crippen LogP contribution < -0.4 is 0 Å². The molecular weight excluding hydrogens is 274 g/mol. The Morgan fingerprint density at radius 3 is 1.86 bits per heavy atom. The zero-order valence-electron chi connectivity index (χ0n) is 15.0. The van der Waals surface area contributed by atoms with Gasteiger partial charge in [-0.1, -0.05) is 26.1 Å². The highest BCUT2D eigenvalue weighted by atomic mass is 28.3. The van der Waals surface area contributed by atoms with Crippen LogP contribution in [0.5, 0.6) is 0 Å². The van der Waals surface area contributed by atoms with Gasteiger partial charge in [-0.05, 0) is 59.0 Å². The molecule has 0 bridgehead atoms. The fourth-order valence-electron chi connectivity index (χ4n) is 3.04. The van der Waals surface area contributed by atoms with Crippen LogP contribution in [0.1, 0.15) is 59.8 Å². The molecule has 0 saturated heterocycles. The van der Waals surface area contributed by atoms with Crippen molar-refractivity contribution in [3.8, 4) is 0 Å². The molecule has 3 heteroatoms. The molecule has 0 N–H and O–H groups in total. The van der Waals surface area contributed by atoms with E-state index in [1.54, 1.807) is 0 Å². The molecule has 1 aliphatic carbocycles. The van der Waals surface area contributed by atoms with Gasteiger partial charge in [0.1, 0.15) is 0 Å². The van der Waals surface area contributed by atoms with Gasteiger partial charge in [-0.2, -0.15) is 0 Å². The third kappa shape index (κ3) is 5.16. The monoisotopic (exact) mass is 307 g/mol. The predicted octanol–water partition coefficient (Wildman–Crippen LogP) is 4.93. The van der Waals surface area contributed by atoms with Gasteiger partial charge >= 0.3 is 0 Å². The van der Waals surface area contributed by atoms with E-state index in [1.165, 1.54) is 24.8 Å². The summed E-state index contributed by atoms with van der Waals surface area (Å²) >= 11 is 0. The normalized spacial score (nSPS) is 16.1. The van der Waals surface area contributed by atoms with Gasteiger partial charge in [0.2, 0.25) is 0 Å². The molecule has 0 heterocycles. The summed E-state index contributed by atoms with van der Waals surface area (Å²) in [6.45, 7) is 15.2. The summed E-state index contributed by atoms with van der Waals surface area (Å²) in [6, 6.07) is 0.476. The van der Waals surface area contributed by atoms with Crippen LogP contribution in [0, 0.1) is 0 Å². The summed E-state index contributed by atoms with van der Waals surface area (Å²) in [5.74, 6) is 0.220. The summed E-state index contributed by atoms with van der Waals surface area (Å²) in [5.41, 5.74) is 4.96. The summed E-state index contributed by atoms with van der Waals surface area (Å²) in [5, 5.41) is 0.988. The highest BCUT2D eigenvalue weighted by molar-refractivity contribution is 6.87. The predicted molar refractivity (Wildman–Crippen MR) is 94.1 cm³/mol. The van der Waals surface area contributed by atoms with E-state index in [9.17, 15) is 4.79 Å². The van der Waals surface area contributed by atoms with Gasteiger partial charge in [0.05, 0.1) is 8.07 Å². The molecule has 0 aromatic heterocycles. The molecule has 2 nitrogen and oxygen atoms in total. The standard InChI is InChI=1S/C18H33NOSi/c1-14(2)19(15(3)4)18(20)17(21(5,6)7)13-16-11-9-8-10-12-16/h14-15H,8-12H2,1-7H3. The molecule has 1 amide bonds. The van der Waals surface area contributed by atoms with Crippen molar-refractivity contribution >= 4 is 14.0 Å². The third-order valence-corrected chi connectivity index (χ3v) is 5.91. The minimum absolute atomic E-state index is 0.220. The minimum atomic E-state index is -1.69. The number of hydrogen-bond donors (Lipinski definition) is 0. The number of nitrogens with zero attached hydrogens (tertiary/aromatic N) is 1. The highest BCUT2D eigenvalue weighted by Gasteiger charge is 2.32. The third-order valence-electron chi connectivity index (χ3n) is 4.07. The van der Waals surface area contributed by atoms with Crippen LogP contribution in [0.15, 0.2) is 16.5 Å². The van der Waals surface area contributed by atoms with Crippen LogP contribution in [0.2, 0.25) is 19.6 Å².